The number of carboxylic acid groups (broad SMARTS) is 1. The van der Waals surface area contributed by atoms with Crippen molar-refractivity contribution in [2.24, 2.45) is 0 Å². The number of benzene rings is 1. The lowest BCUT2D eigenvalue weighted by molar-refractivity contribution is -0.127. The van der Waals surface area contributed by atoms with Crippen LogP contribution in [0, 0.1) is 0 Å². The van der Waals surface area contributed by atoms with Crippen LogP contribution in [0.15, 0.2) is 18.2 Å². The number of carbonyl (C=O) groups is 2. The summed E-state index contributed by atoms with van der Waals surface area (Å²) in [6.07, 6.45) is -0.0265. The lowest BCUT2D eigenvalue weighted by Gasteiger charge is -2.20. The normalized spacial score (nSPS) is 13.1. The van der Waals surface area contributed by atoms with E-state index in [1.54, 1.807) is 19.1 Å². The molecule has 0 radical (unpaired) electrons. The summed E-state index contributed by atoms with van der Waals surface area (Å²) in [5, 5.41) is 12.0. The van der Waals surface area contributed by atoms with Crippen molar-refractivity contribution < 1.29 is 24.2 Å². The van der Waals surface area contributed by atoms with Crippen LogP contribution in [0.3, 0.4) is 0 Å². The predicted octanol–water partition coefficient (Wildman–Crippen LogP) is 2.08. The van der Waals surface area contributed by atoms with Gasteiger partial charge in [-0.15, -0.1) is 0 Å². The number of carbonyl (C=O) groups excluding carboxylic acids is 1. The number of carboxylic acids is 1. The Morgan fingerprint density at radius 1 is 1.33 bits per heavy atom. The van der Waals surface area contributed by atoms with Gasteiger partial charge in [-0.1, -0.05) is 13.0 Å². The number of rotatable bonds is 7. The van der Waals surface area contributed by atoms with Crippen LogP contribution in [0.4, 0.5) is 0 Å². The van der Waals surface area contributed by atoms with Crippen LogP contribution in [0.1, 0.15) is 37.6 Å². The van der Waals surface area contributed by atoms with Gasteiger partial charge in [-0.3, -0.25) is 4.79 Å². The fourth-order valence-corrected chi connectivity index (χ4v) is 1.66. The molecule has 1 aromatic rings. The third-order valence-electron chi connectivity index (χ3n) is 3.09. The van der Waals surface area contributed by atoms with Gasteiger partial charge in [-0.05, 0) is 32.4 Å². The Morgan fingerprint density at radius 2 is 2.00 bits per heavy atom. The zero-order valence-corrected chi connectivity index (χ0v) is 12.7. The van der Waals surface area contributed by atoms with Gasteiger partial charge in [-0.25, -0.2) is 4.79 Å². The van der Waals surface area contributed by atoms with E-state index in [0.29, 0.717) is 0 Å². The number of aromatic carboxylic acids is 1. The van der Waals surface area contributed by atoms with Crippen molar-refractivity contribution >= 4 is 11.9 Å². The number of amides is 1. The molecule has 0 bridgehead atoms. The first-order valence-electron chi connectivity index (χ1n) is 6.78. The molecule has 0 heterocycles. The molecule has 2 N–H and O–H groups in total. The molecule has 6 heteroatoms. The average molecular weight is 295 g/mol. The largest absolute Gasteiger partial charge is 0.493 e. The summed E-state index contributed by atoms with van der Waals surface area (Å²) in [7, 11) is 1.41. The quantitative estimate of drug-likeness (QED) is 0.804. The van der Waals surface area contributed by atoms with Crippen molar-refractivity contribution in [3.63, 3.8) is 0 Å². The number of hydrogen-bond acceptors (Lipinski definition) is 4. The van der Waals surface area contributed by atoms with Crippen molar-refractivity contribution in [2.45, 2.75) is 39.3 Å². The summed E-state index contributed by atoms with van der Waals surface area (Å²) in [5.41, 5.74) is -0.0439. The Morgan fingerprint density at radius 3 is 2.52 bits per heavy atom. The SMILES string of the molecule is CCC(C)NC(=O)C(C)Oc1c(OC)cccc1C(=O)O. The number of para-hydroxylation sites is 1. The molecule has 0 aliphatic carbocycles. The van der Waals surface area contributed by atoms with Crippen LogP contribution in [0.25, 0.3) is 0 Å². The van der Waals surface area contributed by atoms with E-state index in [9.17, 15) is 14.7 Å². The fourth-order valence-electron chi connectivity index (χ4n) is 1.66. The molecule has 1 amide bonds. The van der Waals surface area contributed by atoms with Crippen LogP contribution in [0.2, 0.25) is 0 Å². The second-order valence-corrected chi connectivity index (χ2v) is 4.72. The minimum atomic E-state index is -1.14. The second-order valence-electron chi connectivity index (χ2n) is 4.72. The van der Waals surface area contributed by atoms with Crippen molar-refractivity contribution in [1.29, 1.82) is 0 Å². The number of methoxy groups -OCH3 is 1. The smallest absolute Gasteiger partial charge is 0.339 e. The molecule has 0 aromatic heterocycles. The first-order chi connectivity index (χ1) is 9.90. The molecule has 0 aliphatic rings. The highest BCUT2D eigenvalue weighted by atomic mass is 16.5. The average Bonchev–Trinajstić information content (AvgIpc) is 2.46. The number of ether oxygens (including phenoxy) is 2. The Hall–Kier alpha value is -2.24. The zero-order chi connectivity index (χ0) is 16.0. The highest BCUT2D eigenvalue weighted by molar-refractivity contribution is 5.92. The first-order valence-corrected chi connectivity index (χ1v) is 6.78. The van der Waals surface area contributed by atoms with Gasteiger partial charge in [0.15, 0.2) is 17.6 Å². The Bertz CT molecular complexity index is 515. The molecule has 116 valence electrons. The van der Waals surface area contributed by atoms with Gasteiger partial charge >= 0.3 is 5.97 Å². The summed E-state index contributed by atoms with van der Waals surface area (Å²) in [4.78, 5) is 23.2. The maximum Gasteiger partial charge on any atom is 0.339 e. The van der Waals surface area contributed by atoms with Crippen LogP contribution in [0.5, 0.6) is 11.5 Å². The summed E-state index contributed by atoms with van der Waals surface area (Å²) in [6, 6.07) is 4.57. The first kappa shape index (κ1) is 16.8. The number of hydrogen-bond donors (Lipinski definition) is 2. The van der Waals surface area contributed by atoms with Crippen LogP contribution >= 0.6 is 0 Å². The third-order valence-corrected chi connectivity index (χ3v) is 3.09. The Balaban J connectivity index is 2.95. The van der Waals surface area contributed by atoms with Gasteiger partial charge in [0, 0.05) is 6.04 Å². The molecular weight excluding hydrogens is 274 g/mol. The fraction of sp³-hybridized carbons (Fsp3) is 0.467. The maximum atomic E-state index is 12.0. The summed E-state index contributed by atoms with van der Waals surface area (Å²) >= 11 is 0. The zero-order valence-electron chi connectivity index (χ0n) is 12.7. The number of nitrogens with one attached hydrogen (secondary N) is 1. The molecule has 1 rings (SSSR count). The van der Waals surface area contributed by atoms with E-state index >= 15 is 0 Å². The van der Waals surface area contributed by atoms with Gasteiger partial charge in [-0.2, -0.15) is 0 Å². The van der Waals surface area contributed by atoms with E-state index < -0.39 is 12.1 Å². The molecule has 21 heavy (non-hydrogen) atoms. The second kappa shape index (κ2) is 7.52. The van der Waals surface area contributed by atoms with Crippen LogP contribution in [-0.2, 0) is 4.79 Å². The van der Waals surface area contributed by atoms with Gasteiger partial charge in [0.05, 0.1) is 7.11 Å². The third kappa shape index (κ3) is 4.37. The molecule has 0 fully saturated rings. The highest BCUT2D eigenvalue weighted by Crippen LogP contribution is 2.32. The topological polar surface area (TPSA) is 84.9 Å². The molecule has 2 unspecified atom stereocenters. The molecule has 6 nitrogen and oxygen atoms in total. The lowest BCUT2D eigenvalue weighted by atomic mass is 10.2. The molecule has 0 spiro atoms. The standard InChI is InChI=1S/C15H21NO5/c1-5-9(2)16-14(17)10(3)21-13-11(15(18)19)7-6-8-12(13)20-4/h6-10H,5H2,1-4H3,(H,16,17)(H,18,19). The molecular formula is C15H21NO5. The van der Waals surface area contributed by atoms with Gasteiger partial charge < -0.3 is 19.9 Å². The molecule has 2 atom stereocenters. The van der Waals surface area contributed by atoms with E-state index in [2.05, 4.69) is 5.32 Å². The van der Waals surface area contributed by atoms with E-state index in [1.165, 1.54) is 13.2 Å². The molecule has 0 saturated heterocycles. The molecule has 0 saturated carbocycles. The van der Waals surface area contributed by atoms with E-state index in [-0.39, 0.29) is 29.0 Å². The van der Waals surface area contributed by atoms with Crippen molar-refractivity contribution in [3.05, 3.63) is 23.8 Å². The van der Waals surface area contributed by atoms with Crippen LogP contribution < -0.4 is 14.8 Å². The van der Waals surface area contributed by atoms with E-state index in [0.717, 1.165) is 6.42 Å². The van der Waals surface area contributed by atoms with Gasteiger partial charge in [0.2, 0.25) is 0 Å². The predicted molar refractivity (Wildman–Crippen MR) is 77.9 cm³/mol. The summed E-state index contributed by atoms with van der Waals surface area (Å²) in [5.74, 6) is -1.11. The minimum Gasteiger partial charge on any atom is -0.493 e. The Kier molecular flexibility index (Phi) is 6.02. The van der Waals surface area contributed by atoms with Crippen molar-refractivity contribution in [2.75, 3.05) is 7.11 Å². The molecule has 1 aromatic carbocycles. The van der Waals surface area contributed by atoms with Gasteiger partial charge in [0.25, 0.3) is 5.91 Å². The van der Waals surface area contributed by atoms with Crippen LogP contribution in [-0.4, -0.2) is 36.2 Å². The summed E-state index contributed by atoms with van der Waals surface area (Å²) in [6.45, 7) is 5.41. The summed E-state index contributed by atoms with van der Waals surface area (Å²) < 4.78 is 10.6. The van der Waals surface area contributed by atoms with Crippen molar-refractivity contribution in [3.8, 4) is 11.5 Å². The monoisotopic (exact) mass is 295 g/mol. The minimum absolute atomic E-state index is 0.0279. The Labute approximate surface area is 124 Å². The molecule has 0 aliphatic heterocycles. The van der Waals surface area contributed by atoms with Crippen molar-refractivity contribution in [1.82, 2.24) is 5.32 Å². The maximum absolute atomic E-state index is 12.0. The lowest BCUT2D eigenvalue weighted by Crippen LogP contribution is -2.41. The van der Waals surface area contributed by atoms with E-state index in [1.807, 2.05) is 13.8 Å². The van der Waals surface area contributed by atoms with E-state index in [4.69, 9.17) is 9.47 Å². The highest BCUT2D eigenvalue weighted by Gasteiger charge is 2.22. The van der Waals surface area contributed by atoms with Gasteiger partial charge in [0.1, 0.15) is 5.56 Å².